The van der Waals surface area contributed by atoms with Gasteiger partial charge in [0.1, 0.15) is 0 Å². The minimum Gasteiger partial charge on any atom is -0.219 e. The molecule has 0 saturated heterocycles. The average Bonchev–Trinajstić information content (AvgIpc) is 1.86. The average molecular weight is 100 g/mol. The maximum absolute atomic E-state index is 3.83. The molecule has 33 valence electrons. The van der Waals surface area contributed by atoms with Gasteiger partial charge in [-0.15, -0.1) is 0 Å². The molecule has 0 saturated carbocycles. The highest BCUT2D eigenvalue weighted by Crippen LogP contribution is 2.18. The van der Waals surface area contributed by atoms with E-state index in [4.69, 9.17) is 0 Å². The molecule has 1 radical (unpaired) electrons. The van der Waals surface area contributed by atoms with Crippen molar-refractivity contribution < 1.29 is 0 Å². The molecule has 0 aliphatic carbocycles. The third-order valence-corrected chi connectivity index (χ3v) is 1.44. The van der Waals surface area contributed by atoms with Gasteiger partial charge in [0.05, 0.1) is 6.21 Å². The van der Waals surface area contributed by atoms with Crippen molar-refractivity contribution in [1.82, 2.24) is 0 Å². The van der Waals surface area contributed by atoms with Crippen LogP contribution in [0.2, 0.25) is 0 Å². The second-order valence-electron chi connectivity index (χ2n) is 1.37. The SMILES string of the molecule is CC1C[C]=NS1. The van der Waals surface area contributed by atoms with Crippen LogP contribution in [0.15, 0.2) is 4.40 Å². The zero-order valence-electron chi connectivity index (χ0n) is 3.64. The summed E-state index contributed by atoms with van der Waals surface area (Å²) in [6.07, 6.45) is 3.89. The Labute approximate surface area is 42.0 Å². The zero-order valence-corrected chi connectivity index (χ0v) is 4.46. The predicted octanol–water partition coefficient (Wildman–Crippen LogP) is 1.37. The lowest BCUT2D eigenvalue weighted by Gasteiger charge is -1.88. The number of nitrogens with zero attached hydrogens (tertiary/aromatic N) is 1. The largest absolute Gasteiger partial charge is 0.219 e. The fourth-order valence-electron chi connectivity index (χ4n) is 0.330. The maximum atomic E-state index is 3.83. The Morgan fingerprint density at radius 1 is 2.00 bits per heavy atom. The molecule has 1 atom stereocenters. The predicted molar refractivity (Wildman–Crippen MR) is 29.1 cm³/mol. The van der Waals surface area contributed by atoms with Gasteiger partial charge in [0.15, 0.2) is 0 Å². The Kier molecular flexibility index (Phi) is 1.15. The Bertz CT molecular complexity index is 61.9. The first-order valence-electron chi connectivity index (χ1n) is 1.98. The Balaban J connectivity index is 2.32. The molecule has 0 amide bonds. The van der Waals surface area contributed by atoms with Crippen LogP contribution in [0, 0.1) is 0 Å². The summed E-state index contributed by atoms with van der Waals surface area (Å²) >= 11 is 1.61. The van der Waals surface area contributed by atoms with Gasteiger partial charge >= 0.3 is 0 Å². The van der Waals surface area contributed by atoms with E-state index in [1.807, 2.05) is 0 Å². The van der Waals surface area contributed by atoms with Crippen molar-refractivity contribution in [2.75, 3.05) is 0 Å². The quantitative estimate of drug-likeness (QED) is 0.419. The second kappa shape index (κ2) is 1.65. The van der Waals surface area contributed by atoms with Crippen LogP contribution in [0.3, 0.4) is 0 Å². The van der Waals surface area contributed by atoms with E-state index in [1.165, 1.54) is 0 Å². The van der Waals surface area contributed by atoms with Gasteiger partial charge in [-0.3, -0.25) is 0 Å². The summed E-state index contributed by atoms with van der Waals surface area (Å²) in [5.74, 6) is 0. The van der Waals surface area contributed by atoms with Crippen LogP contribution in [-0.2, 0) is 0 Å². The van der Waals surface area contributed by atoms with Gasteiger partial charge in [0, 0.05) is 11.7 Å². The zero-order chi connectivity index (χ0) is 4.41. The van der Waals surface area contributed by atoms with Crippen LogP contribution < -0.4 is 0 Å². The molecule has 1 nitrogen and oxygen atoms in total. The lowest BCUT2D eigenvalue weighted by Crippen LogP contribution is -1.85. The van der Waals surface area contributed by atoms with Gasteiger partial charge in [-0.2, -0.15) is 0 Å². The summed E-state index contributed by atoms with van der Waals surface area (Å²) in [5.41, 5.74) is 0. The number of rotatable bonds is 0. The van der Waals surface area contributed by atoms with Crippen molar-refractivity contribution in [3.63, 3.8) is 0 Å². The highest BCUT2D eigenvalue weighted by Gasteiger charge is 2.03. The standard InChI is InChI=1S/C4H6NS/c1-4-2-3-5-6-4/h4H,2H2,1H3. The highest BCUT2D eigenvalue weighted by atomic mass is 32.2. The molecule has 0 aromatic heterocycles. The second-order valence-corrected chi connectivity index (χ2v) is 2.57. The molecular formula is C4H6NS. The molecule has 0 spiro atoms. The van der Waals surface area contributed by atoms with Crippen molar-refractivity contribution >= 4 is 18.2 Å². The lowest BCUT2D eigenvalue weighted by molar-refractivity contribution is 1.05. The molecule has 1 aliphatic heterocycles. The van der Waals surface area contributed by atoms with E-state index in [-0.39, 0.29) is 0 Å². The first kappa shape index (κ1) is 4.19. The van der Waals surface area contributed by atoms with E-state index in [0.717, 1.165) is 6.42 Å². The molecule has 1 rings (SSSR count). The molecular weight excluding hydrogens is 94.1 g/mol. The van der Waals surface area contributed by atoms with E-state index in [2.05, 4.69) is 17.5 Å². The summed E-state index contributed by atoms with van der Waals surface area (Å²) in [6, 6.07) is 0. The summed E-state index contributed by atoms with van der Waals surface area (Å²) in [7, 11) is 0. The third kappa shape index (κ3) is 0.744. The van der Waals surface area contributed by atoms with E-state index in [9.17, 15) is 0 Å². The van der Waals surface area contributed by atoms with Crippen LogP contribution in [0.5, 0.6) is 0 Å². The molecule has 1 unspecified atom stereocenters. The van der Waals surface area contributed by atoms with Gasteiger partial charge in [-0.1, -0.05) is 6.92 Å². The van der Waals surface area contributed by atoms with Crippen LogP contribution in [0.4, 0.5) is 0 Å². The normalized spacial score (nSPS) is 31.8. The topological polar surface area (TPSA) is 12.4 Å². The van der Waals surface area contributed by atoms with E-state index >= 15 is 0 Å². The molecule has 0 bridgehead atoms. The molecule has 1 aliphatic rings. The molecule has 1 heterocycles. The molecule has 0 aromatic carbocycles. The fourth-order valence-corrected chi connectivity index (χ4v) is 0.808. The maximum Gasteiger partial charge on any atom is 0.0720 e. The van der Waals surface area contributed by atoms with Crippen LogP contribution in [0.25, 0.3) is 0 Å². The molecule has 0 N–H and O–H groups in total. The Morgan fingerprint density at radius 3 is 3.00 bits per heavy atom. The molecule has 0 fully saturated rings. The Hall–Kier alpha value is 0.0200. The number of hydrogen-bond donors (Lipinski definition) is 0. The van der Waals surface area contributed by atoms with Crippen molar-refractivity contribution in [1.29, 1.82) is 0 Å². The van der Waals surface area contributed by atoms with E-state index in [1.54, 1.807) is 11.9 Å². The van der Waals surface area contributed by atoms with Gasteiger partial charge in [0.25, 0.3) is 0 Å². The minimum absolute atomic E-state index is 0.685. The van der Waals surface area contributed by atoms with Crippen molar-refractivity contribution in [2.24, 2.45) is 4.40 Å². The van der Waals surface area contributed by atoms with Gasteiger partial charge < -0.3 is 0 Å². The number of hydrogen-bond acceptors (Lipinski definition) is 2. The van der Waals surface area contributed by atoms with E-state index in [0.29, 0.717) is 5.25 Å². The van der Waals surface area contributed by atoms with Gasteiger partial charge in [-0.25, -0.2) is 4.40 Å². The van der Waals surface area contributed by atoms with Gasteiger partial charge in [-0.05, 0) is 11.9 Å². The fraction of sp³-hybridized carbons (Fsp3) is 0.750. The van der Waals surface area contributed by atoms with Crippen LogP contribution >= 0.6 is 11.9 Å². The third-order valence-electron chi connectivity index (χ3n) is 0.676. The smallest absolute Gasteiger partial charge is 0.0720 e. The molecule has 0 aromatic rings. The molecule has 6 heavy (non-hydrogen) atoms. The van der Waals surface area contributed by atoms with Crippen molar-refractivity contribution in [3.05, 3.63) is 0 Å². The first-order valence-corrected chi connectivity index (χ1v) is 2.82. The summed E-state index contributed by atoms with van der Waals surface area (Å²) in [5, 5.41) is 0.685. The summed E-state index contributed by atoms with van der Waals surface area (Å²) < 4.78 is 3.83. The van der Waals surface area contributed by atoms with E-state index < -0.39 is 0 Å². The Morgan fingerprint density at radius 2 is 2.83 bits per heavy atom. The van der Waals surface area contributed by atoms with Crippen LogP contribution in [-0.4, -0.2) is 11.5 Å². The minimum atomic E-state index is 0.685. The van der Waals surface area contributed by atoms with Crippen LogP contribution in [0.1, 0.15) is 13.3 Å². The van der Waals surface area contributed by atoms with Gasteiger partial charge in [0.2, 0.25) is 0 Å². The summed E-state index contributed by atoms with van der Waals surface area (Å²) in [6.45, 7) is 2.15. The summed E-state index contributed by atoms with van der Waals surface area (Å²) in [4.78, 5) is 0. The van der Waals surface area contributed by atoms with Crippen molar-refractivity contribution in [3.8, 4) is 0 Å². The lowest BCUT2D eigenvalue weighted by atomic mass is 10.4. The highest BCUT2D eigenvalue weighted by molar-refractivity contribution is 7.99. The first-order chi connectivity index (χ1) is 2.89. The molecule has 2 heteroatoms. The van der Waals surface area contributed by atoms with Crippen molar-refractivity contribution in [2.45, 2.75) is 18.6 Å². The monoisotopic (exact) mass is 100 g/mol.